The lowest BCUT2D eigenvalue weighted by molar-refractivity contribution is 0.404. The van der Waals surface area contributed by atoms with Gasteiger partial charge in [-0.05, 0) is 20.1 Å². The fraction of sp³-hybridized carbons (Fsp3) is 0. The van der Waals surface area contributed by atoms with Crippen LogP contribution in [0.1, 0.15) is 0 Å². The van der Waals surface area contributed by atoms with E-state index in [1.54, 1.807) is 0 Å². The summed E-state index contributed by atoms with van der Waals surface area (Å²) in [4.78, 5) is 8.69. The van der Waals surface area contributed by atoms with Gasteiger partial charge in [-0.25, -0.2) is 9.97 Å². The van der Waals surface area contributed by atoms with Crippen LogP contribution in [0.4, 0.5) is 0 Å². The fourth-order valence-electron chi connectivity index (χ4n) is 1.65. The highest BCUT2D eigenvalue weighted by Crippen LogP contribution is 2.29. The number of hydrogen-bond acceptors (Lipinski definition) is 8. The second-order valence-corrected chi connectivity index (χ2v) is 4.15. The maximum absolute atomic E-state index is 9.37. The first-order valence-corrected chi connectivity index (χ1v) is 7.97. The molecule has 0 aliphatic carbocycles. The Hall–Kier alpha value is -2.22. The van der Waals surface area contributed by atoms with Crippen molar-refractivity contribution in [3.05, 3.63) is 36.4 Å². The largest absolute Gasteiger partial charge is 0.504 e. The zero-order valence-electron chi connectivity index (χ0n) is 11.7. The Balaban J connectivity index is 0.000000325. The quantitative estimate of drug-likeness (QED) is 0.355. The normalized spacial score (nSPS) is 10.1. The average molecular weight is 357 g/mol. The monoisotopic (exact) mass is 357 g/mol. The van der Waals surface area contributed by atoms with Crippen molar-refractivity contribution in [2.24, 2.45) is 0 Å². The first kappa shape index (κ1) is 16.2. The molecule has 7 nitrogen and oxygen atoms in total. The number of phenols is 2. The van der Waals surface area contributed by atoms with Gasteiger partial charge in [0.15, 0.2) is 11.5 Å². The third kappa shape index (κ3) is 4.66. The van der Waals surface area contributed by atoms with Gasteiger partial charge >= 0.3 is 10.6 Å². The van der Waals surface area contributed by atoms with Gasteiger partial charge in [-0.3, -0.25) is 0 Å². The van der Waals surface area contributed by atoms with E-state index in [-0.39, 0.29) is 19.5 Å². The van der Waals surface area contributed by atoms with E-state index in [1.165, 1.54) is 12.1 Å². The second-order valence-electron chi connectivity index (χ2n) is 3.75. The number of hydrogen-bond donors (Lipinski definition) is 2. The van der Waals surface area contributed by atoms with Crippen LogP contribution >= 0.6 is 7.96 Å². The van der Waals surface area contributed by atoms with Crippen LogP contribution in [0.5, 0.6) is 11.5 Å². The van der Waals surface area contributed by atoms with Crippen LogP contribution in [0.2, 0.25) is 0 Å². The molecule has 114 valence electrons. The highest BCUT2D eigenvalue weighted by Gasteiger charge is 2.05. The maximum Gasteiger partial charge on any atom is 0.425 e. The van der Waals surface area contributed by atoms with Crippen molar-refractivity contribution in [3.63, 3.8) is 0 Å². The summed E-state index contributed by atoms with van der Waals surface area (Å²) in [6.45, 7) is 0. The number of phenolic OH excluding ortho intramolecular Hbond substituents is 2. The van der Waals surface area contributed by atoms with Crippen LogP contribution in [0.3, 0.4) is 0 Å². The molecule has 1 heterocycles. The molecular weight excluding hydrogens is 347 g/mol. The number of para-hydroxylation sites is 2. The maximum atomic E-state index is 9.37. The molecular formula is C12H9N2O5PS2. The van der Waals surface area contributed by atoms with E-state index in [1.807, 2.05) is 24.3 Å². The first-order chi connectivity index (χ1) is 10.9. The zero-order chi connectivity index (χ0) is 17.4. The average Bonchev–Trinajstić information content (AvgIpc) is 2.47. The number of fused-ring (bicyclic) bond motifs is 2. The Morgan fingerprint density at radius 1 is 0.955 bits per heavy atom. The van der Waals surface area contributed by atoms with Gasteiger partial charge in [0.2, 0.25) is 0 Å². The van der Waals surface area contributed by atoms with Crippen molar-refractivity contribution in [2.45, 2.75) is 0 Å². The van der Waals surface area contributed by atoms with E-state index in [2.05, 4.69) is 21.8 Å². The van der Waals surface area contributed by atoms with Crippen molar-refractivity contribution in [2.75, 3.05) is 0 Å². The third-order valence-electron chi connectivity index (χ3n) is 2.44. The van der Waals surface area contributed by atoms with Gasteiger partial charge in [0.25, 0.3) is 0 Å². The van der Waals surface area contributed by atoms with Crippen LogP contribution in [-0.4, -0.2) is 34.1 Å². The van der Waals surface area contributed by atoms with Crippen molar-refractivity contribution in [1.82, 2.24) is 9.97 Å². The predicted molar refractivity (Wildman–Crippen MR) is 85.8 cm³/mol. The van der Waals surface area contributed by atoms with Gasteiger partial charge in [-0.2, -0.15) is 0 Å². The van der Waals surface area contributed by atoms with Crippen LogP contribution in [-0.2, 0) is 22.4 Å². The molecule has 0 unspecified atom stereocenters. The van der Waals surface area contributed by atoms with E-state index in [4.69, 9.17) is 13.9 Å². The van der Waals surface area contributed by atoms with Crippen molar-refractivity contribution in [1.29, 1.82) is 1.28 Å². The van der Waals surface area contributed by atoms with Gasteiger partial charge < -0.3 is 10.2 Å². The van der Waals surface area contributed by atoms with Gasteiger partial charge in [0.1, 0.15) is 1.28 Å². The van der Waals surface area contributed by atoms with Gasteiger partial charge in [0, 0.05) is 12.1 Å². The first-order valence-electron chi connectivity index (χ1n) is 5.95. The molecule has 0 atom stereocenters. The molecule has 2 N–H and O–H groups in total. The minimum absolute atomic E-state index is 0.183. The summed E-state index contributed by atoms with van der Waals surface area (Å²) >= 11 is 4.03. The van der Waals surface area contributed by atoms with E-state index in [0.29, 0.717) is 11.0 Å². The minimum atomic E-state index is -3.11. The molecule has 2 aromatic carbocycles. The van der Waals surface area contributed by atoms with Crippen LogP contribution in [0.15, 0.2) is 36.4 Å². The summed E-state index contributed by atoms with van der Waals surface area (Å²) in [5.74, 6) is -0.367. The summed E-state index contributed by atoms with van der Waals surface area (Å²) < 4.78 is 31.3. The lowest BCUT2D eigenvalue weighted by Gasteiger charge is -2.02. The van der Waals surface area contributed by atoms with Crippen LogP contribution in [0.25, 0.3) is 22.1 Å². The topological polar surface area (TPSA) is 117 Å². The molecule has 1 aromatic heterocycles. The number of rotatable bonds is 0. The molecule has 10 heteroatoms. The summed E-state index contributed by atoms with van der Waals surface area (Å²) in [6, 6.07) is 10.3. The molecule has 3 rings (SSSR count). The summed E-state index contributed by atoms with van der Waals surface area (Å²) in [5.41, 5.74) is 2.66. The SMILES string of the molecule is O=S(=O)=O.Oc1cc2nc3ccccc3nc2cc1O.[2H]P=S. The Kier molecular flexibility index (Phi) is 6.08. The second kappa shape index (κ2) is 8.28. The Morgan fingerprint density at radius 3 is 1.59 bits per heavy atom. The number of nitrogens with zero attached hydrogens (tertiary/aromatic N) is 2. The van der Waals surface area contributed by atoms with Crippen molar-refractivity contribution >= 4 is 52.4 Å². The van der Waals surface area contributed by atoms with Gasteiger partial charge in [-0.1, -0.05) is 23.9 Å². The molecule has 0 saturated heterocycles. The summed E-state index contributed by atoms with van der Waals surface area (Å²) in [5, 5.41) is 18.7. The molecule has 0 aliphatic heterocycles. The third-order valence-corrected chi connectivity index (χ3v) is 2.44. The molecule has 0 aliphatic rings. The van der Waals surface area contributed by atoms with E-state index >= 15 is 0 Å². The molecule has 0 amide bonds. The molecule has 22 heavy (non-hydrogen) atoms. The Morgan fingerprint density at radius 2 is 1.27 bits per heavy atom. The zero-order valence-corrected chi connectivity index (χ0v) is 13.3. The number of aromatic nitrogens is 2. The lowest BCUT2D eigenvalue weighted by Crippen LogP contribution is -1.86. The summed E-state index contributed by atoms with van der Waals surface area (Å²) in [7, 11) is -2.86. The van der Waals surface area contributed by atoms with Gasteiger partial charge in [0.05, 0.1) is 22.1 Å². The molecule has 0 bridgehead atoms. The van der Waals surface area contributed by atoms with E-state index < -0.39 is 10.6 Å². The van der Waals surface area contributed by atoms with Crippen LogP contribution in [0, 0.1) is 0 Å². The molecule has 0 fully saturated rings. The number of benzene rings is 2. The van der Waals surface area contributed by atoms with Crippen molar-refractivity contribution in [3.8, 4) is 11.5 Å². The van der Waals surface area contributed by atoms with Crippen molar-refractivity contribution < 1.29 is 22.8 Å². The van der Waals surface area contributed by atoms with E-state index in [0.717, 1.165) is 11.0 Å². The highest BCUT2D eigenvalue weighted by atomic mass is 32.4. The molecule has 0 spiro atoms. The molecule has 0 saturated carbocycles. The highest BCUT2D eigenvalue weighted by molar-refractivity contribution is 7.88. The number of aromatic hydroxyl groups is 2. The predicted octanol–water partition coefficient (Wildman–Crippen LogP) is 1.78. The molecule has 0 radical (unpaired) electrons. The molecule has 3 aromatic rings. The Bertz CT molecular complexity index is 886. The summed E-state index contributed by atoms with van der Waals surface area (Å²) in [6.07, 6.45) is 0. The lowest BCUT2D eigenvalue weighted by atomic mass is 10.2. The van der Waals surface area contributed by atoms with Crippen LogP contribution < -0.4 is 0 Å². The van der Waals surface area contributed by atoms with Gasteiger partial charge in [-0.15, -0.1) is 12.6 Å². The smallest absolute Gasteiger partial charge is 0.425 e. The van der Waals surface area contributed by atoms with E-state index in [9.17, 15) is 10.2 Å². The minimum Gasteiger partial charge on any atom is -0.504 e. The Labute approximate surface area is 134 Å². The standard InChI is InChI=1S/C12H8N2O2.O3S.HPS/c15-11-5-9-10(6-12(11)16)14-8-4-2-1-3-7(8)13-9;1-4(2)3;1-2/h1-6,15-16H;;1H/i;;1D. The fourth-order valence-corrected chi connectivity index (χ4v) is 1.65.